The third-order valence-corrected chi connectivity index (χ3v) is 2.03. The molecule has 0 amide bonds. The molecule has 0 aromatic carbocycles. The minimum absolute atomic E-state index is 0.398. The molecule has 0 saturated carbocycles. The number of nitrogens with zero attached hydrogens (tertiary/aromatic N) is 4. The van der Waals surface area contributed by atoms with Gasteiger partial charge in [-0.3, -0.25) is 0 Å². The topological polar surface area (TPSA) is 74.6 Å². The average molecular weight is 154 g/mol. The molecule has 6 heteroatoms. The molecule has 5 nitrogen and oxygen atoms in total. The van der Waals surface area contributed by atoms with E-state index in [1.165, 1.54) is 11.7 Å². The van der Waals surface area contributed by atoms with Crippen LogP contribution in [-0.2, 0) is 0 Å². The maximum atomic E-state index is 10.9. The number of fused-ring (bicyclic) bond motifs is 1. The molecule has 2 aromatic rings. The van der Waals surface area contributed by atoms with E-state index >= 15 is 0 Å². The van der Waals surface area contributed by atoms with Crippen molar-refractivity contribution in [2.24, 2.45) is 0 Å². The van der Waals surface area contributed by atoms with E-state index in [2.05, 4.69) is 20.4 Å². The van der Waals surface area contributed by atoms with Crippen LogP contribution >= 0.6 is 10.8 Å². The summed E-state index contributed by atoms with van der Waals surface area (Å²) in [4.78, 5) is 4.19. The third kappa shape index (κ3) is 0.662. The van der Waals surface area contributed by atoms with E-state index in [0.717, 1.165) is 0 Å². The lowest BCUT2D eigenvalue weighted by Crippen LogP contribution is -1.83. The Morgan fingerprint density at radius 2 is 2.40 bits per heavy atom. The molecule has 1 unspecified atom stereocenters. The summed E-state index contributed by atoms with van der Waals surface area (Å²) in [7, 11) is -1.20. The van der Waals surface area contributed by atoms with Crippen molar-refractivity contribution in [3.05, 3.63) is 11.7 Å². The maximum Gasteiger partial charge on any atom is 0.314 e. The zero-order valence-corrected chi connectivity index (χ0v) is 5.58. The Hall–Kier alpha value is -1.14. The molecular weight excluding hydrogens is 152 g/mol. The van der Waals surface area contributed by atoms with Crippen LogP contribution in [0.25, 0.3) is 10.3 Å². The Labute approximate surface area is 58.5 Å². The lowest BCUT2D eigenvalue weighted by molar-refractivity contribution is 0.599. The summed E-state index contributed by atoms with van der Waals surface area (Å²) >= 11 is 0. The van der Waals surface area contributed by atoms with Gasteiger partial charge in [0.2, 0.25) is 5.51 Å². The second-order valence-electron chi connectivity index (χ2n) is 1.66. The molecule has 0 spiro atoms. The zero-order chi connectivity index (χ0) is 6.97. The molecule has 10 heavy (non-hydrogen) atoms. The van der Waals surface area contributed by atoms with Crippen LogP contribution < -0.4 is 0 Å². The highest BCUT2D eigenvalue weighted by Crippen LogP contribution is 2.20. The molecule has 2 heterocycles. The van der Waals surface area contributed by atoms with E-state index in [4.69, 9.17) is 0 Å². The van der Waals surface area contributed by atoms with Gasteiger partial charge in [-0.05, 0) is 16.0 Å². The molecule has 2 aromatic heterocycles. The van der Waals surface area contributed by atoms with Gasteiger partial charge in [0.1, 0.15) is 0 Å². The fraction of sp³-hybridized carbons (Fsp3) is 0. The summed E-state index contributed by atoms with van der Waals surface area (Å²) in [6.45, 7) is 0. The summed E-state index contributed by atoms with van der Waals surface area (Å²) in [6.07, 6.45) is 1.43. The van der Waals surface area contributed by atoms with E-state index in [0.29, 0.717) is 10.3 Å². The highest BCUT2D eigenvalue weighted by Gasteiger charge is 2.06. The van der Waals surface area contributed by atoms with Crippen molar-refractivity contribution in [3.63, 3.8) is 0 Å². The Bertz CT molecular complexity index is 359. The van der Waals surface area contributed by atoms with Gasteiger partial charge in [-0.15, -0.1) is 5.10 Å². The zero-order valence-electron chi connectivity index (χ0n) is 4.76. The van der Waals surface area contributed by atoms with Gasteiger partial charge in [-0.25, -0.2) is 0 Å². The molecule has 0 N–H and O–H groups in total. The van der Waals surface area contributed by atoms with Crippen molar-refractivity contribution in [3.8, 4) is 0 Å². The first-order valence-electron chi connectivity index (χ1n) is 2.51. The molecule has 0 bridgehead atoms. The fourth-order valence-electron chi connectivity index (χ4n) is 0.640. The predicted molar refractivity (Wildman–Crippen MR) is 33.8 cm³/mol. The third-order valence-electron chi connectivity index (χ3n) is 1.06. The first-order chi connectivity index (χ1) is 4.88. The van der Waals surface area contributed by atoms with Gasteiger partial charge in [-0.1, -0.05) is 5.10 Å². The largest absolute Gasteiger partial charge is 0.588 e. The minimum Gasteiger partial charge on any atom is -0.588 e. The number of thiazole rings is 1. The smallest absolute Gasteiger partial charge is 0.314 e. The number of hydrogen-bond acceptors (Lipinski definition) is 5. The van der Waals surface area contributed by atoms with Crippen LogP contribution in [0.15, 0.2) is 11.7 Å². The number of aromatic nitrogens is 4. The van der Waals surface area contributed by atoms with Crippen LogP contribution in [0.5, 0.6) is 0 Å². The lowest BCUT2D eigenvalue weighted by Gasteiger charge is -1.81. The molecular formula is C4H2N4OS. The van der Waals surface area contributed by atoms with Crippen molar-refractivity contribution in [1.82, 2.24) is 20.4 Å². The highest BCUT2D eigenvalue weighted by molar-refractivity contribution is 7.29. The van der Waals surface area contributed by atoms with Crippen molar-refractivity contribution < 1.29 is 4.55 Å². The summed E-state index contributed by atoms with van der Waals surface area (Å²) in [5.41, 5.74) is 1.87. The van der Waals surface area contributed by atoms with Gasteiger partial charge in [0, 0.05) is 0 Å². The van der Waals surface area contributed by atoms with Crippen LogP contribution in [0.4, 0.5) is 0 Å². The van der Waals surface area contributed by atoms with E-state index in [9.17, 15) is 4.55 Å². The number of hydrogen-bond donors (Lipinski definition) is 0. The number of rotatable bonds is 0. The molecule has 0 radical (unpaired) electrons. The maximum absolute atomic E-state index is 10.9. The van der Waals surface area contributed by atoms with Crippen molar-refractivity contribution in [2.75, 3.05) is 0 Å². The highest BCUT2D eigenvalue weighted by atomic mass is 32.2. The average Bonchev–Trinajstić information content (AvgIpc) is 2.34. The first-order valence-corrected chi connectivity index (χ1v) is 3.72. The Morgan fingerprint density at radius 3 is 3.20 bits per heavy atom. The van der Waals surface area contributed by atoms with E-state index in [1.54, 1.807) is 0 Å². The van der Waals surface area contributed by atoms with Crippen LogP contribution in [0, 0.1) is 0 Å². The van der Waals surface area contributed by atoms with Crippen LogP contribution in [0.3, 0.4) is 0 Å². The molecule has 0 saturated heterocycles. The normalized spacial score (nSPS) is 12.3. The molecule has 0 fully saturated rings. The summed E-state index contributed by atoms with van der Waals surface area (Å²) in [5, 5.41) is 10.4. The fourth-order valence-corrected chi connectivity index (χ4v) is 1.38. The van der Waals surface area contributed by atoms with Gasteiger partial charge in [0.25, 0.3) is 0 Å². The summed E-state index contributed by atoms with van der Waals surface area (Å²) in [5.74, 6) is 0. The molecule has 0 aliphatic rings. The molecule has 50 valence electrons. The summed E-state index contributed by atoms with van der Waals surface area (Å²) < 4.78 is 10.9. The first kappa shape index (κ1) is 5.63. The van der Waals surface area contributed by atoms with Crippen molar-refractivity contribution in [1.29, 1.82) is 0 Å². The van der Waals surface area contributed by atoms with Gasteiger partial charge in [0.05, 0.1) is 6.20 Å². The van der Waals surface area contributed by atoms with Gasteiger partial charge in [0.15, 0.2) is 5.52 Å². The Morgan fingerprint density at radius 1 is 1.50 bits per heavy atom. The van der Waals surface area contributed by atoms with Crippen LogP contribution in [-0.4, -0.2) is 24.9 Å². The van der Waals surface area contributed by atoms with Gasteiger partial charge < -0.3 is 4.55 Å². The monoisotopic (exact) mass is 154 g/mol. The second kappa shape index (κ2) is 1.93. The summed E-state index contributed by atoms with van der Waals surface area (Å²) in [6, 6.07) is 0. The lowest BCUT2D eigenvalue weighted by atomic mass is 10.6. The predicted octanol–water partition coefficient (Wildman–Crippen LogP) is 0.147. The van der Waals surface area contributed by atoms with E-state index in [1.807, 2.05) is 0 Å². The molecule has 0 aliphatic heterocycles. The van der Waals surface area contributed by atoms with E-state index < -0.39 is 10.8 Å². The second-order valence-corrected chi connectivity index (χ2v) is 2.85. The van der Waals surface area contributed by atoms with Crippen molar-refractivity contribution >= 4 is 21.1 Å². The standard InChI is InChI=1S/C4H2N4OS/c9-10-2-5-3-1-6-8-7-4(3)10/h1-2H. The van der Waals surface area contributed by atoms with E-state index in [-0.39, 0.29) is 0 Å². The quantitative estimate of drug-likeness (QED) is 0.505. The van der Waals surface area contributed by atoms with Gasteiger partial charge >= 0.3 is 4.83 Å². The molecule has 0 aliphatic carbocycles. The SMILES string of the molecule is [O-][s+]1cnc2cnnnc21. The van der Waals surface area contributed by atoms with Crippen molar-refractivity contribution in [2.45, 2.75) is 0 Å². The Kier molecular flexibility index (Phi) is 1.08. The molecule has 2 rings (SSSR count). The Balaban J connectivity index is 2.93. The van der Waals surface area contributed by atoms with Crippen LogP contribution in [0.1, 0.15) is 0 Å². The minimum atomic E-state index is -1.20. The molecule has 1 atom stereocenters. The van der Waals surface area contributed by atoms with Crippen LogP contribution in [0.2, 0.25) is 0 Å². The van der Waals surface area contributed by atoms with Gasteiger partial charge in [-0.2, -0.15) is 4.98 Å².